The molecule has 136 valence electrons. The van der Waals surface area contributed by atoms with Crippen LogP contribution < -0.4 is 4.90 Å². The molecule has 0 radical (unpaired) electrons. The molecule has 1 unspecified atom stereocenters. The van der Waals surface area contributed by atoms with Gasteiger partial charge in [0, 0.05) is 24.9 Å². The van der Waals surface area contributed by atoms with E-state index in [4.69, 9.17) is 9.47 Å². The molecule has 1 aromatic carbocycles. The number of rotatable bonds is 5. The predicted octanol–water partition coefficient (Wildman–Crippen LogP) is 1.78. The summed E-state index contributed by atoms with van der Waals surface area (Å²) < 4.78 is 11.3. The molecule has 0 aromatic heterocycles. The Balaban J connectivity index is 1.64. The van der Waals surface area contributed by atoms with Gasteiger partial charge < -0.3 is 14.4 Å². The lowest BCUT2D eigenvalue weighted by atomic mass is 10.0. The third-order valence-electron chi connectivity index (χ3n) is 4.79. The van der Waals surface area contributed by atoms with Gasteiger partial charge in [-0.15, -0.1) is 0 Å². The normalized spacial score (nSPS) is 22.0. The number of nitro groups is 1. The molecule has 2 aliphatic rings. The summed E-state index contributed by atoms with van der Waals surface area (Å²) in [6.45, 7) is 2.33. The van der Waals surface area contributed by atoms with Crippen LogP contribution in [0.4, 0.5) is 11.4 Å². The van der Waals surface area contributed by atoms with Crippen molar-refractivity contribution in [1.29, 1.82) is 0 Å². The number of non-ortho nitro benzene ring substituents is 1. The molecule has 0 saturated carbocycles. The zero-order chi connectivity index (χ0) is 17.8. The van der Waals surface area contributed by atoms with Crippen molar-refractivity contribution in [2.45, 2.75) is 31.6 Å². The summed E-state index contributed by atoms with van der Waals surface area (Å²) in [5.41, 5.74) is 0.647. The van der Waals surface area contributed by atoms with Gasteiger partial charge in [-0.25, -0.2) is 0 Å². The molecule has 1 aromatic rings. The number of piperidine rings is 1. The molecule has 0 aliphatic carbocycles. The molecule has 0 N–H and O–H groups in total. The van der Waals surface area contributed by atoms with Crippen molar-refractivity contribution in [3.63, 3.8) is 0 Å². The van der Waals surface area contributed by atoms with Gasteiger partial charge in [0.05, 0.1) is 30.7 Å². The third-order valence-corrected chi connectivity index (χ3v) is 4.79. The first kappa shape index (κ1) is 17.8. The summed E-state index contributed by atoms with van der Waals surface area (Å²) in [5, 5.41) is 10.7. The van der Waals surface area contributed by atoms with Crippen molar-refractivity contribution < 1.29 is 19.2 Å². The van der Waals surface area contributed by atoms with Gasteiger partial charge in [0.2, 0.25) is 5.91 Å². The molecule has 2 aliphatic heterocycles. The lowest BCUT2D eigenvalue weighted by Crippen LogP contribution is -2.51. The Morgan fingerprint density at radius 2 is 1.96 bits per heavy atom. The third kappa shape index (κ3) is 4.15. The van der Waals surface area contributed by atoms with Gasteiger partial charge in [-0.2, -0.15) is 0 Å². The Hall–Kier alpha value is -2.03. The van der Waals surface area contributed by atoms with E-state index in [1.807, 2.05) is 0 Å². The zero-order valence-corrected chi connectivity index (χ0v) is 14.3. The van der Waals surface area contributed by atoms with Gasteiger partial charge in [0.15, 0.2) is 6.29 Å². The lowest BCUT2D eigenvalue weighted by molar-refractivity contribution is -0.384. The number of carbonyl (C=O) groups is 1. The SMILES string of the molecule is CN(C(=O)CN1CCCCC1C1OCCO1)c1ccc([N+](=O)[O-])cc1. The van der Waals surface area contributed by atoms with Gasteiger partial charge in [0.25, 0.3) is 5.69 Å². The van der Waals surface area contributed by atoms with E-state index in [0.29, 0.717) is 18.9 Å². The maximum absolute atomic E-state index is 12.7. The van der Waals surface area contributed by atoms with Crippen molar-refractivity contribution in [3.05, 3.63) is 34.4 Å². The Morgan fingerprint density at radius 3 is 2.60 bits per heavy atom. The van der Waals surface area contributed by atoms with Crippen LogP contribution in [0.2, 0.25) is 0 Å². The molecule has 2 fully saturated rings. The number of hydrogen-bond acceptors (Lipinski definition) is 6. The number of likely N-dealkylation sites (N-methyl/N-ethyl adjacent to an activating group) is 1. The van der Waals surface area contributed by atoms with E-state index in [0.717, 1.165) is 25.8 Å². The minimum atomic E-state index is -0.453. The molecule has 8 heteroatoms. The Morgan fingerprint density at radius 1 is 1.28 bits per heavy atom. The molecule has 1 amide bonds. The van der Waals surface area contributed by atoms with E-state index in [1.165, 1.54) is 17.0 Å². The molecule has 2 heterocycles. The number of amides is 1. The summed E-state index contributed by atoms with van der Waals surface area (Å²) in [7, 11) is 1.69. The second-order valence-corrected chi connectivity index (χ2v) is 6.37. The molecule has 0 spiro atoms. The van der Waals surface area contributed by atoms with Gasteiger partial charge in [-0.1, -0.05) is 6.42 Å². The van der Waals surface area contributed by atoms with Gasteiger partial charge in [-0.05, 0) is 31.5 Å². The number of likely N-dealkylation sites (tertiary alicyclic amines) is 1. The van der Waals surface area contributed by atoms with Gasteiger partial charge in [0.1, 0.15) is 0 Å². The minimum absolute atomic E-state index is 0.0104. The van der Waals surface area contributed by atoms with Crippen LogP contribution in [0.25, 0.3) is 0 Å². The van der Waals surface area contributed by atoms with Crippen LogP contribution in [0.1, 0.15) is 19.3 Å². The fourth-order valence-corrected chi connectivity index (χ4v) is 3.34. The summed E-state index contributed by atoms with van der Waals surface area (Å²) in [6, 6.07) is 6.09. The largest absolute Gasteiger partial charge is 0.349 e. The van der Waals surface area contributed by atoms with Crippen molar-refractivity contribution >= 4 is 17.3 Å². The molecule has 0 bridgehead atoms. The van der Waals surface area contributed by atoms with Gasteiger partial charge >= 0.3 is 0 Å². The van der Waals surface area contributed by atoms with Crippen LogP contribution in [0.15, 0.2) is 24.3 Å². The predicted molar refractivity (Wildman–Crippen MR) is 91.4 cm³/mol. The Kier molecular flexibility index (Phi) is 5.62. The number of nitrogens with zero attached hydrogens (tertiary/aromatic N) is 3. The smallest absolute Gasteiger partial charge is 0.269 e. The Labute approximate surface area is 146 Å². The highest BCUT2D eigenvalue weighted by Gasteiger charge is 2.35. The lowest BCUT2D eigenvalue weighted by Gasteiger charge is -2.38. The van der Waals surface area contributed by atoms with E-state index < -0.39 is 4.92 Å². The monoisotopic (exact) mass is 349 g/mol. The summed E-state index contributed by atoms with van der Waals surface area (Å²) in [5.74, 6) is -0.0567. The topological polar surface area (TPSA) is 85.2 Å². The average Bonchev–Trinajstić information content (AvgIpc) is 3.16. The highest BCUT2D eigenvalue weighted by molar-refractivity contribution is 5.94. The van der Waals surface area contributed by atoms with E-state index in [9.17, 15) is 14.9 Å². The van der Waals surface area contributed by atoms with Crippen molar-refractivity contribution in [2.24, 2.45) is 0 Å². The fourth-order valence-electron chi connectivity index (χ4n) is 3.34. The van der Waals surface area contributed by atoms with E-state index in [1.54, 1.807) is 19.2 Å². The average molecular weight is 349 g/mol. The maximum Gasteiger partial charge on any atom is 0.269 e. The van der Waals surface area contributed by atoms with Crippen LogP contribution in [0.3, 0.4) is 0 Å². The summed E-state index contributed by atoms with van der Waals surface area (Å²) in [4.78, 5) is 26.6. The fraction of sp³-hybridized carbons (Fsp3) is 0.588. The number of nitro benzene ring substituents is 1. The Bertz CT molecular complexity index is 615. The molecule has 1 atom stereocenters. The maximum atomic E-state index is 12.7. The van der Waals surface area contributed by atoms with E-state index >= 15 is 0 Å². The van der Waals surface area contributed by atoms with Crippen LogP contribution in [0, 0.1) is 10.1 Å². The van der Waals surface area contributed by atoms with Crippen LogP contribution in [0.5, 0.6) is 0 Å². The molecule has 3 rings (SSSR count). The van der Waals surface area contributed by atoms with Crippen molar-refractivity contribution in [2.75, 3.05) is 38.3 Å². The first-order valence-corrected chi connectivity index (χ1v) is 8.54. The second kappa shape index (κ2) is 7.90. The number of ether oxygens (including phenoxy) is 2. The summed E-state index contributed by atoms with van der Waals surface area (Å²) in [6.07, 6.45) is 2.87. The molecule has 25 heavy (non-hydrogen) atoms. The second-order valence-electron chi connectivity index (χ2n) is 6.37. The van der Waals surface area contributed by atoms with E-state index in [-0.39, 0.29) is 30.5 Å². The zero-order valence-electron chi connectivity index (χ0n) is 14.3. The molecule has 2 saturated heterocycles. The van der Waals surface area contributed by atoms with Crippen molar-refractivity contribution in [3.8, 4) is 0 Å². The molecular formula is C17H23N3O5. The number of hydrogen-bond donors (Lipinski definition) is 0. The number of anilines is 1. The van der Waals surface area contributed by atoms with Crippen LogP contribution in [-0.4, -0.2) is 61.4 Å². The standard InChI is InChI=1S/C17H23N3O5/c1-18(13-5-7-14(8-6-13)20(22)23)16(21)12-19-9-3-2-4-15(19)17-24-10-11-25-17/h5-8,15,17H,2-4,9-12H2,1H3. The molecule has 8 nitrogen and oxygen atoms in total. The number of benzene rings is 1. The highest BCUT2D eigenvalue weighted by Crippen LogP contribution is 2.25. The van der Waals surface area contributed by atoms with Gasteiger partial charge in [-0.3, -0.25) is 19.8 Å². The van der Waals surface area contributed by atoms with Crippen LogP contribution >= 0.6 is 0 Å². The van der Waals surface area contributed by atoms with Crippen molar-refractivity contribution in [1.82, 2.24) is 4.90 Å². The first-order valence-electron chi connectivity index (χ1n) is 8.54. The quantitative estimate of drug-likeness (QED) is 0.595. The minimum Gasteiger partial charge on any atom is -0.349 e. The number of carbonyl (C=O) groups excluding carboxylic acids is 1. The summed E-state index contributed by atoms with van der Waals surface area (Å²) >= 11 is 0. The highest BCUT2D eigenvalue weighted by atomic mass is 16.7. The molecular weight excluding hydrogens is 326 g/mol. The first-order chi connectivity index (χ1) is 12.1. The van der Waals surface area contributed by atoms with E-state index in [2.05, 4.69) is 4.90 Å². The van der Waals surface area contributed by atoms with Crippen LogP contribution in [-0.2, 0) is 14.3 Å².